The molecule has 5 rings (SSSR count). The Labute approximate surface area is 209 Å². The maximum absolute atomic E-state index is 13.2. The minimum atomic E-state index is -1.13. The second kappa shape index (κ2) is 9.67. The van der Waals surface area contributed by atoms with Gasteiger partial charge in [0, 0.05) is 11.9 Å². The lowest BCUT2D eigenvalue weighted by Gasteiger charge is -2.23. The number of piperidine rings is 1. The molecule has 1 aliphatic heterocycles. The lowest BCUT2D eigenvalue weighted by Crippen LogP contribution is -2.26. The van der Waals surface area contributed by atoms with Gasteiger partial charge in [0.25, 0.3) is 5.56 Å². The van der Waals surface area contributed by atoms with Gasteiger partial charge in [-0.05, 0) is 75.5 Å². The van der Waals surface area contributed by atoms with Gasteiger partial charge in [-0.3, -0.25) is 4.79 Å². The van der Waals surface area contributed by atoms with E-state index in [0.717, 1.165) is 31.6 Å². The molecule has 1 saturated heterocycles. The third-order valence-corrected chi connectivity index (χ3v) is 6.53. The molecular formula is C27H31N7O2. The van der Waals surface area contributed by atoms with Crippen molar-refractivity contribution in [1.82, 2.24) is 29.6 Å². The first-order valence-corrected chi connectivity index (χ1v) is 12.2. The molecule has 0 bridgehead atoms. The molecule has 4 heterocycles. The Kier molecular flexibility index (Phi) is 6.42. The Bertz CT molecular complexity index is 1440. The summed E-state index contributed by atoms with van der Waals surface area (Å²) >= 11 is 0. The fraction of sp³-hybridized carbons (Fsp3) is 0.333. The number of anilines is 2. The highest BCUT2D eigenvalue weighted by Gasteiger charge is 2.22. The van der Waals surface area contributed by atoms with Crippen LogP contribution < -0.4 is 16.2 Å². The first-order valence-electron chi connectivity index (χ1n) is 12.2. The highest BCUT2D eigenvalue weighted by Crippen LogP contribution is 2.27. The van der Waals surface area contributed by atoms with Gasteiger partial charge >= 0.3 is 0 Å². The number of benzene rings is 1. The predicted molar refractivity (Wildman–Crippen MR) is 141 cm³/mol. The van der Waals surface area contributed by atoms with E-state index >= 15 is 0 Å². The molecule has 1 aliphatic rings. The topological polar surface area (TPSA) is 110 Å². The number of nitrogens with one attached hydrogen (secondary N) is 2. The number of aliphatic hydroxyl groups is 1. The van der Waals surface area contributed by atoms with E-state index < -0.39 is 5.60 Å². The SMILES string of the molecule is C=CCn1c(=O)c2cnc(Nc3ccc(C4CCNCC4)cc3)nc2n1-c1cccc(C(C)(C)O)n1. The average Bonchev–Trinajstić information content (AvgIpc) is 3.15. The zero-order valence-electron chi connectivity index (χ0n) is 20.6. The van der Waals surface area contributed by atoms with Crippen LogP contribution in [-0.2, 0) is 12.1 Å². The van der Waals surface area contributed by atoms with Crippen LogP contribution >= 0.6 is 0 Å². The lowest BCUT2D eigenvalue weighted by atomic mass is 9.90. The molecule has 9 nitrogen and oxygen atoms in total. The van der Waals surface area contributed by atoms with Crippen LogP contribution in [0.1, 0.15) is 43.9 Å². The van der Waals surface area contributed by atoms with E-state index in [0.29, 0.717) is 34.4 Å². The molecule has 4 aromatic rings. The van der Waals surface area contributed by atoms with Crippen molar-refractivity contribution in [3.63, 3.8) is 0 Å². The number of hydrogen-bond acceptors (Lipinski definition) is 7. The molecule has 186 valence electrons. The van der Waals surface area contributed by atoms with Gasteiger partial charge in [0.15, 0.2) is 11.5 Å². The van der Waals surface area contributed by atoms with E-state index in [4.69, 9.17) is 0 Å². The first kappa shape index (κ1) is 23.9. The molecule has 36 heavy (non-hydrogen) atoms. The van der Waals surface area contributed by atoms with E-state index in [1.54, 1.807) is 42.8 Å². The molecule has 0 atom stereocenters. The van der Waals surface area contributed by atoms with Crippen molar-refractivity contribution >= 4 is 22.7 Å². The second-order valence-electron chi connectivity index (χ2n) is 9.63. The molecule has 3 N–H and O–H groups in total. The monoisotopic (exact) mass is 485 g/mol. The van der Waals surface area contributed by atoms with Gasteiger partial charge in [0.05, 0.1) is 12.2 Å². The van der Waals surface area contributed by atoms with Crippen molar-refractivity contribution in [3.05, 3.63) is 82.9 Å². The number of rotatable bonds is 7. The summed E-state index contributed by atoms with van der Waals surface area (Å²) < 4.78 is 3.17. The highest BCUT2D eigenvalue weighted by atomic mass is 16.3. The minimum Gasteiger partial charge on any atom is -0.384 e. The van der Waals surface area contributed by atoms with Crippen LogP contribution in [-0.4, -0.2) is 42.5 Å². The first-order chi connectivity index (χ1) is 17.3. The van der Waals surface area contributed by atoms with Crippen LogP contribution in [0.5, 0.6) is 0 Å². The summed E-state index contributed by atoms with van der Waals surface area (Å²) in [6, 6.07) is 13.7. The Morgan fingerprint density at radius 3 is 2.61 bits per heavy atom. The number of pyridine rings is 1. The van der Waals surface area contributed by atoms with E-state index in [1.165, 1.54) is 16.4 Å². The summed E-state index contributed by atoms with van der Waals surface area (Å²) in [7, 11) is 0. The van der Waals surface area contributed by atoms with Gasteiger partial charge < -0.3 is 15.7 Å². The molecule has 0 unspecified atom stereocenters. The molecule has 9 heteroatoms. The van der Waals surface area contributed by atoms with Gasteiger partial charge in [-0.1, -0.05) is 24.3 Å². The number of fused-ring (bicyclic) bond motifs is 1. The molecule has 3 aromatic heterocycles. The summed E-state index contributed by atoms with van der Waals surface area (Å²) in [5, 5.41) is 17.5. The Morgan fingerprint density at radius 1 is 1.17 bits per heavy atom. The maximum atomic E-state index is 13.2. The van der Waals surface area contributed by atoms with E-state index in [9.17, 15) is 9.90 Å². The summed E-state index contributed by atoms with van der Waals surface area (Å²) in [6.45, 7) is 9.51. The lowest BCUT2D eigenvalue weighted by molar-refractivity contribution is 0.0738. The van der Waals surface area contributed by atoms with E-state index in [-0.39, 0.29) is 12.1 Å². The minimum absolute atomic E-state index is 0.238. The van der Waals surface area contributed by atoms with Crippen molar-refractivity contribution in [2.24, 2.45) is 0 Å². The fourth-order valence-corrected chi connectivity index (χ4v) is 4.61. The van der Waals surface area contributed by atoms with Gasteiger partial charge in [0.2, 0.25) is 5.95 Å². The van der Waals surface area contributed by atoms with Gasteiger partial charge in [-0.15, -0.1) is 6.58 Å². The third kappa shape index (κ3) is 4.67. The standard InChI is InChI=1S/C27H31N7O2/c1-4-16-33-25(35)21-17-29-26(30-20-10-8-18(9-11-20)19-12-14-28-15-13-19)32-24(21)34(33)23-7-5-6-22(31-23)27(2,3)36/h4-11,17,19,28,36H,1,12-16H2,2-3H3,(H,29,30,32). The van der Waals surface area contributed by atoms with Crippen LogP contribution in [0, 0.1) is 0 Å². The van der Waals surface area contributed by atoms with Crippen LogP contribution in [0.25, 0.3) is 16.9 Å². The van der Waals surface area contributed by atoms with Crippen LogP contribution in [0.4, 0.5) is 11.6 Å². The molecule has 1 aromatic carbocycles. The maximum Gasteiger partial charge on any atom is 0.278 e. The van der Waals surface area contributed by atoms with Crippen molar-refractivity contribution in [2.45, 2.75) is 44.8 Å². The number of allylic oxidation sites excluding steroid dienone is 1. The zero-order valence-corrected chi connectivity index (χ0v) is 20.6. The largest absolute Gasteiger partial charge is 0.384 e. The van der Waals surface area contributed by atoms with E-state index in [1.807, 2.05) is 12.1 Å². The normalized spacial score (nSPS) is 14.8. The van der Waals surface area contributed by atoms with Crippen molar-refractivity contribution in [3.8, 4) is 5.82 Å². The van der Waals surface area contributed by atoms with Gasteiger partial charge in [-0.25, -0.2) is 19.3 Å². The van der Waals surface area contributed by atoms with E-state index in [2.05, 4.69) is 44.3 Å². The summed E-state index contributed by atoms with van der Waals surface area (Å²) in [6.07, 6.45) is 5.47. The second-order valence-corrected chi connectivity index (χ2v) is 9.63. The van der Waals surface area contributed by atoms with Crippen LogP contribution in [0.2, 0.25) is 0 Å². The average molecular weight is 486 g/mol. The zero-order chi connectivity index (χ0) is 25.3. The highest BCUT2D eigenvalue weighted by molar-refractivity contribution is 5.77. The number of hydrogen-bond donors (Lipinski definition) is 3. The molecule has 1 fully saturated rings. The molecular weight excluding hydrogens is 454 g/mol. The Balaban J connectivity index is 1.53. The number of nitrogens with zero attached hydrogens (tertiary/aromatic N) is 5. The third-order valence-electron chi connectivity index (χ3n) is 6.53. The summed E-state index contributed by atoms with van der Waals surface area (Å²) in [5.41, 5.74) is 1.75. The van der Waals surface area contributed by atoms with Crippen LogP contribution in [0.3, 0.4) is 0 Å². The summed E-state index contributed by atoms with van der Waals surface area (Å²) in [4.78, 5) is 26.9. The van der Waals surface area contributed by atoms with Gasteiger partial charge in [-0.2, -0.15) is 4.98 Å². The molecule has 0 radical (unpaired) electrons. The number of aromatic nitrogens is 5. The van der Waals surface area contributed by atoms with Crippen molar-refractivity contribution < 1.29 is 5.11 Å². The molecule has 0 amide bonds. The predicted octanol–water partition coefficient (Wildman–Crippen LogP) is 3.60. The van der Waals surface area contributed by atoms with Crippen LogP contribution in [0.15, 0.2) is 66.1 Å². The summed E-state index contributed by atoms with van der Waals surface area (Å²) in [5.74, 6) is 1.43. The Morgan fingerprint density at radius 2 is 1.92 bits per heavy atom. The quantitative estimate of drug-likeness (QED) is 0.343. The smallest absolute Gasteiger partial charge is 0.278 e. The van der Waals surface area contributed by atoms with Crippen molar-refractivity contribution in [1.29, 1.82) is 0 Å². The molecule has 0 aliphatic carbocycles. The van der Waals surface area contributed by atoms with Gasteiger partial charge in [0.1, 0.15) is 11.0 Å². The molecule has 0 spiro atoms. The Hall–Kier alpha value is -3.82. The fourth-order valence-electron chi connectivity index (χ4n) is 4.61. The molecule has 0 saturated carbocycles. The van der Waals surface area contributed by atoms with Crippen molar-refractivity contribution in [2.75, 3.05) is 18.4 Å².